The summed E-state index contributed by atoms with van der Waals surface area (Å²) in [5.74, 6) is 5.86. The van der Waals surface area contributed by atoms with E-state index in [0.717, 1.165) is 22.6 Å². The van der Waals surface area contributed by atoms with Gasteiger partial charge >= 0.3 is 0 Å². The van der Waals surface area contributed by atoms with Gasteiger partial charge in [-0.2, -0.15) is 0 Å². The maximum Gasteiger partial charge on any atom is 0.223 e. The number of nitrogens with one attached hydrogen (secondary N) is 1. The Labute approximate surface area is 98.5 Å². The van der Waals surface area contributed by atoms with Crippen LogP contribution < -0.4 is 5.32 Å². The molecule has 0 radical (unpaired) electrons. The van der Waals surface area contributed by atoms with Gasteiger partial charge in [-0.25, -0.2) is 0 Å². The SMILES string of the molecule is O=C(NCc1ccc(C#CCO)s1)C1CC1. The van der Waals surface area contributed by atoms with E-state index in [2.05, 4.69) is 17.2 Å². The predicted molar refractivity (Wildman–Crippen MR) is 62.9 cm³/mol. The van der Waals surface area contributed by atoms with E-state index in [0.29, 0.717) is 6.54 Å². The summed E-state index contributed by atoms with van der Waals surface area (Å²) in [5, 5.41) is 11.5. The van der Waals surface area contributed by atoms with Gasteiger partial charge in [-0.05, 0) is 25.0 Å². The lowest BCUT2D eigenvalue weighted by atomic mass is 10.3. The maximum absolute atomic E-state index is 11.4. The number of hydrogen-bond acceptors (Lipinski definition) is 3. The average molecular weight is 235 g/mol. The van der Waals surface area contributed by atoms with E-state index < -0.39 is 0 Å². The van der Waals surface area contributed by atoms with Gasteiger partial charge in [0.25, 0.3) is 0 Å². The Balaban J connectivity index is 1.84. The minimum absolute atomic E-state index is 0.119. The molecule has 1 aliphatic rings. The first-order chi connectivity index (χ1) is 7.79. The number of carbonyl (C=O) groups is 1. The second-order valence-corrected chi connectivity index (χ2v) is 4.89. The van der Waals surface area contributed by atoms with Crippen molar-refractivity contribution in [3.63, 3.8) is 0 Å². The van der Waals surface area contributed by atoms with Crippen molar-refractivity contribution in [1.29, 1.82) is 0 Å². The van der Waals surface area contributed by atoms with Gasteiger partial charge in [-0.1, -0.05) is 11.8 Å². The van der Waals surface area contributed by atoms with Crippen LogP contribution in [0.15, 0.2) is 12.1 Å². The van der Waals surface area contributed by atoms with Crippen LogP contribution in [0.1, 0.15) is 22.6 Å². The molecule has 2 rings (SSSR count). The van der Waals surface area contributed by atoms with Crippen LogP contribution in [0, 0.1) is 17.8 Å². The molecule has 3 nitrogen and oxygen atoms in total. The van der Waals surface area contributed by atoms with Crippen LogP contribution in [0.4, 0.5) is 0 Å². The Morgan fingerprint density at radius 3 is 3.06 bits per heavy atom. The highest BCUT2D eigenvalue weighted by Gasteiger charge is 2.29. The van der Waals surface area contributed by atoms with Crippen LogP contribution in [-0.4, -0.2) is 17.6 Å². The van der Waals surface area contributed by atoms with Crippen LogP contribution in [0.25, 0.3) is 0 Å². The normalized spacial score (nSPS) is 14.1. The Kier molecular flexibility index (Phi) is 3.60. The van der Waals surface area contributed by atoms with Crippen LogP contribution >= 0.6 is 11.3 Å². The van der Waals surface area contributed by atoms with E-state index in [1.165, 1.54) is 0 Å². The van der Waals surface area contributed by atoms with E-state index in [1.54, 1.807) is 11.3 Å². The van der Waals surface area contributed by atoms with E-state index in [1.807, 2.05) is 12.1 Å². The van der Waals surface area contributed by atoms with Gasteiger partial charge in [0.15, 0.2) is 0 Å². The summed E-state index contributed by atoms with van der Waals surface area (Å²) in [7, 11) is 0. The van der Waals surface area contributed by atoms with Crippen molar-refractivity contribution in [2.75, 3.05) is 6.61 Å². The van der Waals surface area contributed by atoms with E-state index in [-0.39, 0.29) is 18.4 Å². The number of hydrogen-bond donors (Lipinski definition) is 2. The fourth-order valence-corrected chi connectivity index (χ4v) is 2.15. The summed E-state index contributed by atoms with van der Waals surface area (Å²) >= 11 is 1.55. The van der Waals surface area contributed by atoms with E-state index >= 15 is 0 Å². The molecule has 0 aliphatic heterocycles. The molecule has 0 unspecified atom stereocenters. The number of carbonyl (C=O) groups excluding carboxylic acids is 1. The minimum atomic E-state index is -0.119. The lowest BCUT2D eigenvalue weighted by Crippen LogP contribution is -2.23. The van der Waals surface area contributed by atoms with Crippen molar-refractivity contribution in [2.45, 2.75) is 19.4 Å². The molecule has 0 spiro atoms. The van der Waals surface area contributed by atoms with Crippen molar-refractivity contribution >= 4 is 17.2 Å². The molecule has 1 aromatic rings. The third kappa shape index (κ3) is 3.09. The summed E-state index contributed by atoms with van der Waals surface area (Å²) < 4.78 is 0. The van der Waals surface area contributed by atoms with Crippen molar-refractivity contribution in [1.82, 2.24) is 5.32 Å². The van der Waals surface area contributed by atoms with Gasteiger partial charge in [0, 0.05) is 10.8 Å². The molecule has 1 fully saturated rings. The Morgan fingerprint density at radius 2 is 2.38 bits per heavy atom. The lowest BCUT2D eigenvalue weighted by molar-refractivity contribution is -0.122. The third-order valence-corrected chi connectivity index (χ3v) is 3.34. The van der Waals surface area contributed by atoms with Crippen LogP contribution in [0.2, 0.25) is 0 Å². The first-order valence-corrected chi connectivity index (χ1v) is 6.07. The Hall–Kier alpha value is -1.31. The lowest BCUT2D eigenvalue weighted by Gasteiger charge is -2.00. The zero-order valence-corrected chi connectivity index (χ0v) is 9.64. The molecule has 0 atom stereocenters. The number of aliphatic hydroxyl groups excluding tert-OH is 1. The van der Waals surface area contributed by atoms with Crippen molar-refractivity contribution < 1.29 is 9.90 Å². The fraction of sp³-hybridized carbons (Fsp3) is 0.417. The molecule has 4 heteroatoms. The number of aliphatic hydroxyl groups is 1. The fourth-order valence-electron chi connectivity index (χ4n) is 1.33. The molecule has 0 aromatic carbocycles. The molecule has 1 amide bonds. The minimum Gasteiger partial charge on any atom is -0.384 e. The van der Waals surface area contributed by atoms with Gasteiger partial charge in [-0.3, -0.25) is 4.79 Å². The van der Waals surface area contributed by atoms with Crippen molar-refractivity contribution in [3.05, 3.63) is 21.9 Å². The van der Waals surface area contributed by atoms with Gasteiger partial charge in [-0.15, -0.1) is 11.3 Å². The maximum atomic E-state index is 11.4. The second-order valence-electron chi connectivity index (χ2n) is 3.72. The number of rotatable bonds is 3. The molecular formula is C12H13NO2S. The summed E-state index contributed by atoms with van der Waals surface area (Å²) in [6.07, 6.45) is 2.06. The zero-order chi connectivity index (χ0) is 11.4. The summed E-state index contributed by atoms with van der Waals surface area (Å²) in [6, 6.07) is 3.87. The number of thiophene rings is 1. The third-order valence-electron chi connectivity index (χ3n) is 2.34. The highest BCUT2D eigenvalue weighted by molar-refractivity contribution is 7.12. The molecule has 1 aliphatic carbocycles. The monoisotopic (exact) mass is 235 g/mol. The molecule has 2 N–H and O–H groups in total. The Morgan fingerprint density at radius 1 is 1.56 bits per heavy atom. The van der Waals surface area contributed by atoms with Crippen LogP contribution in [0.3, 0.4) is 0 Å². The first-order valence-electron chi connectivity index (χ1n) is 5.26. The molecule has 0 saturated heterocycles. The summed E-state index contributed by atoms with van der Waals surface area (Å²) in [5.41, 5.74) is 0. The molecular weight excluding hydrogens is 222 g/mol. The molecule has 84 valence electrons. The highest BCUT2D eigenvalue weighted by Crippen LogP contribution is 2.29. The molecule has 0 bridgehead atoms. The van der Waals surface area contributed by atoms with Crippen LogP contribution in [-0.2, 0) is 11.3 Å². The second kappa shape index (κ2) is 5.15. The van der Waals surface area contributed by atoms with Crippen LogP contribution in [0.5, 0.6) is 0 Å². The number of amides is 1. The van der Waals surface area contributed by atoms with Crippen molar-refractivity contribution in [3.8, 4) is 11.8 Å². The molecule has 16 heavy (non-hydrogen) atoms. The average Bonchev–Trinajstić information content (AvgIpc) is 3.04. The predicted octanol–water partition coefficient (Wildman–Crippen LogP) is 1.12. The molecule has 1 saturated carbocycles. The Bertz CT molecular complexity index is 437. The quantitative estimate of drug-likeness (QED) is 0.771. The zero-order valence-electron chi connectivity index (χ0n) is 8.82. The van der Waals surface area contributed by atoms with Crippen molar-refractivity contribution in [2.24, 2.45) is 5.92 Å². The van der Waals surface area contributed by atoms with Gasteiger partial charge in [0.2, 0.25) is 5.91 Å². The van der Waals surface area contributed by atoms with E-state index in [9.17, 15) is 4.79 Å². The first kappa shape index (κ1) is 11.2. The molecule has 1 aromatic heterocycles. The summed E-state index contributed by atoms with van der Waals surface area (Å²) in [4.78, 5) is 13.4. The summed E-state index contributed by atoms with van der Waals surface area (Å²) in [6.45, 7) is 0.465. The smallest absolute Gasteiger partial charge is 0.223 e. The molecule has 1 heterocycles. The van der Waals surface area contributed by atoms with E-state index in [4.69, 9.17) is 5.11 Å². The topological polar surface area (TPSA) is 49.3 Å². The van der Waals surface area contributed by atoms with Gasteiger partial charge < -0.3 is 10.4 Å². The highest BCUT2D eigenvalue weighted by atomic mass is 32.1. The standard InChI is InChI=1S/C12H13NO2S/c14-7-1-2-10-5-6-11(16-10)8-13-12(15)9-3-4-9/h5-6,9,14H,3-4,7-8H2,(H,13,15). The largest absolute Gasteiger partial charge is 0.384 e. The van der Waals surface area contributed by atoms with Gasteiger partial charge in [0.05, 0.1) is 11.4 Å². The van der Waals surface area contributed by atoms with Gasteiger partial charge in [0.1, 0.15) is 6.61 Å².